The number of esters is 4. The van der Waals surface area contributed by atoms with E-state index in [0.29, 0.717) is 26.7 Å². The molecule has 2 saturated carbocycles. The summed E-state index contributed by atoms with van der Waals surface area (Å²) in [7, 11) is 0. The number of alkyl halides is 9. The van der Waals surface area contributed by atoms with Gasteiger partial charge in [-0.05, 0) is 60.8 Å². The Morgan fingerprint density at radius 1 is 0.809 bits per heavy atom. The van der Waals surface area contributed by atoms with Crippen LogP contribution in [0.2, 0.25) is 0 Å². The smallest absolute Gasteiger partial charge is 0.430 e. The highest BCUT2D eigenvalue weighted by molar-refractivity contribution is 5.86. The van der Waals surface area contributed by atoms with Crippen LogP contribution in [0.15, 0.2) is 0 Å². The van der Waals surface area contributed by atoms with Crippen LogP contribution in [0.3, 0.4) is 0 Å². The monoisotopic (exact) mass is 702 g/mol. The van der Waals surface area contributed by atoms with Gasteiger partial charge in [-0.15, -0.1) is 0 Å². The summed E-state index contributed by atoms with van der Waals surface area (Å²) in [6.07, 6.45) is -17.2. The number of halogens is 9. The highest BCUT2D eigenvalue weighted by atomic mass is 19.4. The van der Waals surface area contributed by atoms with E-state index in [0.717, 1.165) is 0 Å². The summed E-state index contributed by atoms with van der Waals surface area (Å²) in [6, 6.07) is 0. The van der Waals surface area contributed by atoms with Crippen molar-refractivity contribution in [2.45, 2.75) is 117 Å². The Morgan fingerprint density at radius 3 is 1.70 bits per heavy atom. The van der Waals surface area contributed by atoms with Gasteiger partial charge in [0.1, 0.15) is 12.2 Å². The van der Waals surface area contributed by atoms with Crippen molar-refractivity contribution in [3.05, 3.63) is 0 Å². The van der Waals surface area contributed by atoms with Gasteiger partial charge in [-0.1, -0.05) is 13.8 Å². The minimum absolute atomic E-state index is 0.137. The van der Waals surface area contributed by atoms with E-state index in [-0.39, 0.29) is 12.3 Å². The Balaban J connectivity index is 0.000000336. The molecule has 0 aromatic rings. The molecule has 3 fully saturated rings. The summed E-state index contributed by atoms with van der Waals surface area (Å²) in [6.45, 7) is 8.42. The summed E-state index contributed by atoms with van der Waals surface area (Å²) in [5.41, 5.74) is -10.5. The first-order chi connectivity index (χ1) is 20.9. The number of fused-ring (bicyclic) bond motifs is 1. The zero-order valence-electron chi connectivity index (χ0n) is 26.9. The van der Waals surface area contributed by atoms with Crippen molar-refractivity contribution in [1.82, 2.24) is 0 Å². The van der Waals surface area contributed by atoms with E-state index >= 15 is 0 Å². The Hall–Kier alpha value is -2.79. The fourth-order valence-corrected chi connectivity index (χ4v) is 5.58. The first-order valence-corrected chi connectivity index (χ1v) is 14.6. The van der Waals surface area contributed by atoms with Crippen LogP contribution in [0, 0.1) is 34.5 Å². The van der Waals surface area contributed by atoms with Crippen LogP contribution < -0.4 is 0 Å². The van der Waals surface area contributed by atoms with Crippen LogP contribution >= 0.6 is 0 Å². The van der Waals surface area contributed by atoms with E-state index in [2.05, 4.69) is 9.47 Å². The molecular weight excluding hydrogens is 663 g/mol. The van der Waals surface area contributed by atoms with Crippen molar-refractivity contribution in [3.8, 4) is 0 Å². The Morgan fingerprint density at radius 2 is 1.28 bits per heavy atom. The van der Waals surface area contributed by atoms with Gasteiger partial charge in [-0.25, -0.2) is 0 Å². The first kappa shape index (κ1) is 40.4. The zero-order chi connectivity index (χ0) is 36.9. The molecule has 0 radical (unpaired) electrons. The predicted octanol–water partition coefficient (Wildman–Crippen LogP) is 5.85. The van der Waals surface area contributed by atoms with Crippen LogP contribution in [-0.4, -0.2) is 77.5 Å². The lowest BCUT2D eigenvalue weighted by Gasteiger charge is -2.44. The van der Waals surface area contributed by atoms with Crippen molar-refractivity contribution in [2.75, 3.05) is 6.61 Å². The minimum atomic E-state index is -6.06. The van der Waals surface area contributed by atoms with Gasteiger partial charge in [0.05, 0.1) is 22.7 Å². The van der Waals surface area contributed by atoms with E-state index in [1.165, 1.54) is 20.8 Å². The third kappa shape index (κ3) is 7.77. The molecule has 2 aliphatic carbocycles. The second-order valence-corrected chi connectivity index (χ2v) is 13.7. The van der Waals surface area contributed by atoms with Crippen LogP contribution in [0.25, 0.3) is 0 Å². The molecular formula is C29H39F9O9. The standard InChI is InChI=1S/C17H21F3O6.C12H18F6O3/c1-4-16(2,3)15(23)26-12-7-5-8-10(14(22)25-11(8)12)9(7)13(21)24-6-17(18,19)20;1-6-8(2,3)7(19)21-9(4,5)10(20,11(13,14)15)12(16,17)18/h7-12H,4-6H2,1-3H3;20H,6H2,1-5H3. The molecule has 272 valence electrons. The molecule has 3 rings (SSSR count). The number of carbonyl (C=O) groups is 4. The topological polar surface area (TPSA) is 125 Å². The Bertz CT molecular complexity index is 1190. The van der Waals surface area contributed by atoms with Gasteiger partial charge in [0, 0.05) is 11.8 Å². The number of aliphatic hydroxyl groups is 1. The lowest BCUT2D eigenvalue weighted by atomic mass is 9.78. The summed E-state index contributed by atoms with van der Waals surface area (Å²) >= 11 is 0. The number of carbonyl (C=O) groups excluding carboxylic acids is 4. The van der Waals surface area contributed by atoms with E-state index in [1.807, 2.05) is 6.92 Å². The molecule has 3 aliphatic rings. The number of hydrogen-bond donors (Lipinski definition) is 1. The van der Waals surface area contributed by atoms with Gasteiger partial charge >= 0.3 is 42.4 Å². The maximum absolute atomic E-state index is 12.8. The van der Waals surface area contributed by atoms with Gasteiger partial charge in [-0.3, -0.25) is 19.2 Å². The fourth-order valence-electron chi connectivity index (χ4n) is 5.58. The number of rotatable bonds is 9. The van der Waals surface area contributed by atoms with Crippen molar-refractivity contribution < 1.29 is 82.7 Å². The zero-order valence-corrected chi connectivity index (χ0v) is 26.9. The van der Waals surface area contributed by atoms with Gasteiger partial charge in [0.15, 0.2) is 12.2 Å². The molecule has 47 heavy (non-hydrogen) atoms. The molecule has 9 nitrogen and oxygen atoms in total. The second kappa shape index (κ2) is 12.9. The number of hydrogen-bond acceptors (Lipinski definition) is 9. The van der Waals surface area contributed by atoms with Gasteiger partial charge < -0.3 is 24.1 Å². The van der Waals surface area contributed by atoms with Gasteiger partial charge in [-0.2, -0.15) is 39.5 Å². The SMILES string of the molecule is CCC(C)(C)C(=O)OC(C)(C)C(O)(C(F)(F)F)C(F)(F)F.CCC(C)(C)C(=O)OC1C2CC3C1OC(=O)C3C2C(=O)OCC(F)(F)F. The quantitative estimate of drug-likeness (QED) is 0.179. The maximum atomic E-state index is 12.8. The third-order valence-electron chi connectivity index (χ3n) is 9.35. The second-order valence-electron chi connectivity index (χ2n) is 13.7. The molecule has 1 heterocycles. The van der Waals surface area contributed by atoms with Gasteiger partial charge in [0.2, 0.25) is 0 Å². The molecule has 0 amide bonds. The van der Waals surface area contributed by atoms with Crippen LogP contribution in [0.4, 0.5) is 39.5 Å². The average molecular weight is 703 g/mol. The first-order valence-electron chi connectivity index (χ1n) is 14.6. The largest absolute Gasteiger partial charge is 0.458 e. The summed E-state index contributed by atoms with van der Waals surface area (Å²) < 4.78 is 133. The normalized spacial score (nSPS) is 26.3. The van der Waals surface area contributed by atoms with Crippen LogP contribution in [-0.2, 0) is 38.1 Å². The van der Waals surface area contributed by atoms with E-state index in [1.54, 1.807) is 13.8 Å². The molecule has 0 aromatic carbocycles. The molecule has 2 bridgehead atoms. The summed E-state index contributed by atoms with van der Waals surface area (Å²) in [5, 5.41) is 9.27. The highest BCUT2D eigenvalue weighted by Gasteiger charge is 2.79. The molecule has 1 saturated heterocycles. The Kier molecular flexibility index (Phi) is 11.1. The molecule has 6 atom stereocenters. The van der Waals surface area contributed by atoms with Crippen molar-refractivity contribution in [2.24, 2.45) is 34.5 Å². The van der Waals surface area contributed by atoms with Crippen LogP contribution in [0.5, 0.6) is 0 Å². The number of ether oxygens (including phenoxy) is 4. The minimum Gasteiger partial charge on any atom is -0.458 e. The van der Waals surface area contributed by atoms with E-state index in [4.69, 9.17) is 9.47 Å². The van der Waals surface area contributed by atoms with Crippen molar-refractivity contribution >= 4 is 23.9 Å². The average Bonchev–Trinajstić information content (AvgIpc) is 3.53. The molecule has 0 spiro atoms. The van der Waals surface area contributed by atoms with E-state index < -0.39 is 101 Å². The molecule has 18 heteroatoms. The lowest BCUT2D eigenvalue weighted by Crippen LogP contribution is -2.70. The third-order valence-corrected chi connectivity index (χ3v) is 9.35. The highest BCUT2D eigenvalue weighted by Crippen LogP contribution is 2.59. The van der Waals surface area contributed by atoms with Crippen molar-refractivity contribution in [3.63, 3.8) is 0 Å². The van der Waals surface area contributed by atoms with E-state index in [9.17, 15) is 63.8 Å². The molecule has 1 aliphatic heterocycles. The fraction of sp³-hybridized carbons (Fsp3) is 0.862. The molecule has 0 aromatic heterocycles. The summed E-state index contributed by atoms with van der Waals surface area (Å²) in [5.74, 6) is -6.27. The maximum Gasteiger partial charge on any atom is 0.430 e. The van der Waals surface area contributed by atoms with Crippen molar-refractivity contribution in [1.29, 1.82) is 0 Å². The lowest BCUT2D eigenvalue weighted by molar-refractivity contribution is -0.408. The summed E-state index contributed by atoms with van der Waals surface area (Å²) in [4.78, 5) is 48.5. The molecule has 1 N–H and O–H groups in total. The van der Waals surface area contributed by atoms with Gasteiger partial charge in [0.25, 0.3) is 5.60 Å². The Labute approximate surface area is 264 Å². The molecule has 6 unspecified atom stereocenters. The van der Waals surface area contributed by atoms with Crippen LogP contribution in [0.1, 0.15) is 74.7 Å². The predicted molar refractivity (Wildman–Crippen MR) is 141 cm³/mol.